The highest BCUT2D eigenvalue weighted by Gasteiger charge is 2.09. The third-order valence-electron chi connectivity index (χ3n) is 6.22. The van der Waals surface area contributed by atoms with Crippen LogP contribution in [0.1, 0.15) is 149 Å². The molecule has 0 aromatic carbocycles. The zero-order valence-corrected chi connectivity index (χ0v) is 20.1. The highest BCUT2D eigenvalue weighted by atomic mass is 16.5. The third kappa shape index (κ3) is 22.2. The Kier molecular flexibility index (Phi) is 21.6. The molecule has 1 atom stereocenters. The minimum atomic E-state index is -0.00569. The third-order valence-corrected chi connectivity index (χ3v) is 6.22. The second-order valence-electron chi connectivity index (χ2n) is 9.46. The molecular formula is C26H55NO. The van der Waals surface area contributed by atoms with Gasteiger partial charge >= 0.3 is 0 Å². The lowest BCUT2D eigenvalue weighted by Crippen LogP contribution is -2.39. The number of quaternary nitrogens is 1. The molecule has 0 heterocycles. The van der Waals surface area contributed by atoms with Gasteiger partial charge in [0, 0.05) is 0 Å². The normalized spacial score (nSPS) is 13.7. The molecule has 0 aromatic heterocycles. The van der Waals surface area contributed by atoms with Crippen molar-refractivity contribution in [1.29, 1.82) is 0 Å². The summed E-state index contributed by atoms with van der Waals surface area (Å²) in [7, 11) is 1.89. The van der Waals surface area contributed by atoms with E-state index < -0.39 is 0 Å². The van der Waals surface area contributed by atoms with E-state index in [4.69, 9.17) is 0 Å². The van der Waals surface area contributed by atoms with Crippen molar-refractivity contribution in [1.82, 2.24) is 0 Å². The van der Waals surface area contributed by atoms with Crippen molar-refractivity contribution in [2.45, 2.75) is 149 Å². The molecule has 0 fully saturated rings. The van der Waals surface area contributed by atoms with Crippen LogP contribution < -0.4 is 0 Å². The van der Waals surface area contributed by atoms with Gasteiger partial charge in [-0.1, -0.05) is 123 Å². The molecule has 0 saturated carbocycles. The fourth-order valence-corrected chi connectivity index (χ4v) is 4.16. The van der Waals surface area contributed by atoms with Crippen LogP contribution in [0, 0.1) is 5.21 Å². The van der Waals surface area contributed by atoms with Gasteiger partial charge in [0.05, 0.1) is 20.1 Å². The molecular weight excluding hydrogens is 342 g/mol. The predicted molar refractivity (Wildman–Crippen MR) is 128 cm³/mol. The maximum absolute atomic E-state index is 12.5. The molecule has 0 spiro atoms. The first-order chi connectivity index (χ1) is 13.6. The van der Waals surface area contributed by atoms with Gasteiger partial charge in [-0.3, -0.25) is 0 Å². The van der Waals surface area contributed by atoms with E-state index >= 15 is 0 Å². The zero-order chi connectivity index (χ0) is 20.8. The van der Waals surface area contributed by atoms with Crippen molar-refractivity contribution in [2.75, 3.05) is 20.1 Å². The van der Waals surface area contributed by atoms with Gasteiger partial charge in [-0.25, -0.2) is 0 Å². The summed E-state index contributed by atoms with van der Waals surface area (Å²) in [6.45, 7) is 6.21. The second-order valence-corrected chi connectivity index (χ2v) is 9.46. The molecule has 0 aliphatic heterocycles. The summed E-state index contributed by atoms with van der Waals surface area (Å²) in [6.07, 6.45) is 28.4. The summed E-state index contributed by atoms with van der Waals surface area (Å²) in [5.41, 5.74) is 0. The van der Waals surface area contributed by atoms with Gasteiger partial charge in [-0.05, 0) is 25.7 Å². The molecule has 0 radical (unpaired) electrons. The van der Waals surface area contributed by atoms with E-state index in [1.165, 1.54) is 122 Å². The van der Waals surface area contributed by atoms with E-state index in [1.807, 2.05) is 7.05 Å². The molecule has 1 unspecified atom stereocenters. The second kappa shape index (κ2) is 21.6. The minimum Gasteiger partial charge on any atom is -0.633 e. The molecule has 0 aromatic rings. The number of rotatable bonds is 23. The van der Waals surface area contributed by atoms with Gasteiger partial charge in [-0.2, -0.15) is 0 Å². The van der Waals surface area contributed by atoms with E-state index in [0.29, 0.717) is 0 Å². The number of hydrogen-bond donors (Lipinski definition) is 0. The largest absolute Gasteiger partial charge is 0.633 e. The van der Waals surface area contributed by atoms with E-state index in [-0.39, 0.29) is 4.65 Å². The molecule has 2 heteroatoms. The van der Waals surface area contributed by atoms with E-state index in [2.05, 4.69) is 13.8 Å². The van der Waals surface area contributed by atoms with Gasteiger partial charge in [0.2, 0.25) is 0 Å². The lowest BCUT2D eigenvalue weighted by molar-refractivity contribution is -0.861. The van der Waals surface area contributed by atoms with Crippen LogP contribution in [0.4, 0.5) is 0 Å². The minimum absolute atomic E-state index is 0.00569. The first-order valence-electron chi connectivity index (χ1n) is 13.2. The first kappa shape index (κ1) is 27.9. The number of hydrogen-bond acceptors (Lipinski definition) is 1. The van der Waals surface area contributed by atoms with Crippen molar-refractivity contribution in [3.8, 4) is 0 Å². The Morgan fingerprint density at radius 1 is 0.393 bits per heavy atom. The van der Waals surface area contributed by atoms with Gasteiger partial charge in [-0.15, -0.1) is 0 Å². The highest BCUT2D eigenvalue weighted by molar-refractivity contribution is 4.51. The van der Waals surface area contributed by atoms with E-state index in [1.54, 1.807) is 0 Å². The summed E-state index contributed by atoms with van der Waals surface area (Å²) in [5, 5.41) is 12.5. The molecule has 2 nitrogen and oxygen atoms in total. The first-order valence-corrected chi connectivity index (χ1v) is 13.2. The van der Waals surface area contributed by atoms with Crippen LogP contribution in [-0.2, 0) is 0 Å². The summed E-state index contributed by atoms with van der Waals surface area (Å²) in [6, 6.07) is 0. The molecule has 0 aliphatic rings. The number of unbranched alkanes of at least 4 members (excludes halogenated alkanes) is 19. The summed E-state index contributed by atoms with van der Waals surface area (Å²) < 4.78 is -0.00569. The van der Waals surface area contributed by atoms with Crippen molar-refractivity contribution in [2.24, 2.45) is 0 Å². The average molecular weight is 398 g/mol. The smallest absolute Gasteiger partial charge is 0.0781 e. The number of hydroxylamine groups is 3. The van der Waals surface area contributed by atoms with Gasteiger partial charge in [0.1, 0.15) is 0 Å². The van der Waals surface area contributed by atoms with Crippen LogP contribution in [0.25, 0.3) is 0 Å². The van der Waals surface area contributed by atoms with Crippen molar-refractivity contribution >= 4 is 0 Å². The lowest BCUT2D eigenvalue weighted by atomic mass is 10.1. The van der Waals surface area contributed by atoms with Crippen LogP contribution in [0.5, 0.6) is 0 Å². The molecule has 0 rings (SSSR count). The predicted octanol–water partition coefficient (Wildman–Crippen LogP) is 9.16. The van der Waals surface area contributed by atoms with Crippen molar-refractivity contribution in [3.63, 3.8) is 0 Å². The fraction of sp³-hybridized carbons (Fsp3) is 1.00. The fourth-order valence-electron chi connectivity index (χ4n) is 4.16. The lowest BCUT2D eigenvalue weighted by Gasteiger charge is -2.39. The molecule has 0 bridgehead atoms. The monoisotopic (exact) mass is 397 g/mol. The van der Waals surface area contributed by atoms with Gasteiger partial charge in [0.25, 0.3) is 0 Å². The average Bonchev–Trinajstić information content (AvgIpc) is 2.67. The molecule has 0 saturated heterocycles. The van der Waals surface area contributed by atoms with Gasteiger partial charge < -0.3 is 9.85 Å². The summed E-state index contributed by atoms with van der Waals surface area (Å²) in [5.74, 6) is 0. The maximum atomic E-state index is 12.5. The van der Waals surface area contributed by atoms with Crippen molar-refractivity contribution < 1.29 is 4.65 Å². The van der Waals surface area contributed by atoms with Gasteiger partial charge in [0.15, 0.2) is 0 Å². The Morgan fingerprint density at radius 3 is 0.857 bits per heavy atom. The summed E-state index contributed by atoms with van der Waals surface area (Å²) in [4.78, 5) is 0. The quantitative estimate of drug-likeness (QED) is 0.0957. The Balaban J connectivity index is 3.30. The van der Waals surface area contributed by atoms with E-state index in [0.717, 1.165) is 25.9 Å². The van der Waals surface area contributed by atoms with Crippen LogP contribution in [0.3, 0.4) is 0 Å². The standard InChI is InChI=1S/C26H55NO/c1-4-6-8-10-12-14-15-16-18-20-22-24-26-27(3,28)25-23-21-19-17-13-11-9-7-5-2/h4-26H2,1-3H3. The van der Waals surface area contributed by atoms with Crippen LogP contribution in [0.2, 0.25) is 0 Å². The Hall–Kier alpha value is -0.0800. The maximum Gasteiger partial charge on any atom is 0.0781 e. The zero-order valence-electron chi connectivity index (χ0n) is 20.1. The Morgan fingerprint density at radius 2 is 0.607 bits per heavy atom. The van der Waals surface area contributed by atoms with Crippen LogP contribution in [0.15, 0.2) is 0 Å². The SMILES string of the molecule is CCCCCCCCCCCCCC[N+](C)([O-])CCCCCCCCCCC. The Bertz CT molecular complexity index is 290. The van der Waals surface area contributed by atoms with Crippen LogP contribution in [-0.4, -0.2) is 24.8 Å². The topological polar surface area (TPSA) is 23.1 Å². The van der Waals surface area contributed by atoms with Crippen LogP contribution >= 0.6 is 0 Å². The van der Waals surface area contributed by atoms with Crippen molar-refractivity contribution in [3.05, 3.63) is 5.21 Å². The highest BCUT2D eigenvalue weighted by Crippen LogP contribution is 2.14. The molecule has 170 valence electrons. The number of nitrogens with zero attached hydrogens (tertiary/aromatic N) is 1. The Labute approximate surface area is 179 Å². The molecule has 28 heavy (non-hydrogen) atoms. The molecule has 0 aliphatic carbocycles. The molecule has 0 amide bonds. The summed E-state index contributed by atoms with van der Waals surface area (Å²) >= 11 is 0. The van der Waals surface area contributed by atoms with E-state index in [9.17, 15) is 5.21 Å². The molecule has 0 N–H and O–H groups in total.